The summed E-state index contributed by atoms with van der Waals surface area (Å²) >= 11 is 0. The van der Waals surface area contributed by atoms with E-state index in [1.54, 1.807) is 0 Å². The SMILES string of the molecule is COc1cc([C@@H](N)C(F)(F)F)cc(F)c1F. The summed E-state index contributed by atoms with van der Waals surface area (Å²) in [5.74, 6) is -3.40. The fourth-order valence-corrected chi connectivity index (χ4v) is 1.10. The maximum absolute atomic E-state index is 12.9. The predicted octanol–water partition coefficient (Wildman–Crippen LogP) is 2.54. The highest BCUT2D eigenvalue weighted by molar-refractivity contribution is 5.33. The lowest BCUT2D eigenvalue weighted by Gasteiger charge is -2.16. The predicted molar refractivity (Wildman–Crippen MR) is 45.9 cm³/mol. The van der Waals surface area contributed by atoms with E-state index in [0.29, 0.717) is 6.07 Å². The van der Waals surface area contributed by atoms with E-state index in [2.05, 4.69) is 4.74 Å². The molecule has 0 aliphatic rings. The second-order valence-electron chi connectivity index (χ2n) is 3.04. The Morgan fingerprint density at radius 3 is 2.25 bits per heavy atom. The number of hydrogen-bond acceptors (Lipinski definition) is 2. The molecule has 0 fully saturated rings. The molecule has 1 aromatic rings. The zero-order chi connectivity index (χ0) is 12.5. The lowest BCUT2D eigenvalue weighted by Crippen LogP contribution is -2.28. The number of methoxy groups -OCH3 is 1. The van der Waals surface area contributed by atoms with Crippen LogP contribution in [0, 0.1) is 11.6 Å². The summed E-state index contributed by atoms with van der Waals surface area (Å²) in [4.78, 5) is 0. The Bertz CT molecular complexity index is 390. The Kier molecular flexibility index (Phi) is 3.37. The minimum Gasteiger partial charge on any atom is -0.494 e. The van der Waals surface area contributed by atoms with E-state index in [0.717, 1.165) is 13.2 Å². The quantitative estimate of drug-likeness (QED) is 0.807. The molecule has 0 radical (unpaired) electrons. The van der Waals surface area contributed by atoms with Crippen molar-refractivity contribution in [2.75, 3.05) is 7.11 Å². The minimum absolute atomic E-state index is 0.399. The monoisotopic (exact) mass is 241 g/mol. The van der Waals surface area contributed by atoms with Crippen molar-refractivity contribution in [2.45, 2.75) is 12.2 Å². The summed E-state index contributed by atoms with van der Waals surface area (Å²) in [6.45, 7) is 0. The topological polar surface area (TPSA) is 35.2 Å². The molecule has 1 rings (SSSR count). The molecule has 0 unspecified atom stereocenters. The number of halogens is 5. The highest BCUT2D eigenvalue weighted by Crippen LogP contribution is 2.33. The summed E-state index contributed by atoms with van der Waals surface area (Å²) in [5.41, 5.74) is 4.25. The van der Waals surface area contributed by atoms with Crippen LogP contribution in [-0.2, 0) is 0 Å². The van der Waals surface area contributed by atoms with Crippen molar-refractivity contribution in [3.8, 4) is 5.75 Å². The van der Waals surface area contributed by atoms with Crippen molar-refractivity contribution >= 4 is 0 Å². The third-order valence-corrected chi connectivity index (χ3v) is 1.95. The standard InChI is InChI=1S/C9H8F5NO/c1-16-6-3-4(2-5(10)7(6)11)8(15)9(12,13)14/h2-3,8H,15H2,1H3/t8-/m1/s1. The number of ether oxygens (including phenoxy) is 1. The van der Waals surface area contributed by atoms with Crippen LogP contribution in [0.15, 0.2) is 12.1 Å². The molecule has 2 N–H and O–H groups in total. The zero-order valence-electron chi connectivity index (χ0n) is 8.11. The molecule has 0 bridgehead atoms. The first kappa shape index (κ1) is 12.7. The van der Waals surface area contributed by atoms with E-state index in [4.69, 9.17) is 5.73 Å². The van der Waals surface area contributed by atoms with Crippen molar-refractivity contribution < 1.29 is 26.7 Å². The van der Waals surface area contributed by atoms with Gasteiger partial charge in [0.25, 0.3) is 0 Å². The molecule has 16 heavy (non-hydrogen) atoms. The lowest BCUT2D eigenvalue weighted by atomic mass is 10.1. The van der Waals surface area contributed by atoms with Gasteiger partial charge >= 0.3 is 6.18 Å². The van der Waals surface area contributed by atoms with Gasteiger partial charge in [-0.15, -0.1) is 0 Å². The molecule has 0 spiro atoms. The highest BCUT2D eigenvalue weighted by atomic mass is 19.4. The Labute approximate surface area is 87.8 Å². The van der Waals surface area contributed by atoms with Crippen LogP contribution in [0.3, 0.4) is 0 Å². The van der Waals surface area contributed by atoms with Crippen LogP contribution < -0.4 is 10.5 Å². The molecule has 0 saturated carbocycles. The van der Waals surface area contributed by atoms with E-state index in [1.165, 1.54) is 0 Å². The van der Waals surface area contributed by atoms with Gasteiger partial charge in [0.1, 0.15) is 6.04 Å². The fourth-order valence-electron chi connectivity index (χ4n) is 1.10. The molecule has 90 valence electrons. The molecule has 0 heterocycles. The first-order valence-corrected chi connectivity index (χ1v) is 4.12. The van der Waals surface area contributed by atoms with Crippen LogP contribution >= 0.6 is 0 Å². The van der Waals surface area contributed by atoms with Crippen molar-refractivity contribution in [3.63, 3.8) is 0 Å². The molecule has 0 saturated heterocycles. The third kappa shape index (κ3) is 2.41. The molecule has 1 atom stereocenters. The van der Waals surface area contributed by atoms with Gasteiger partial charge in [0, 0.05) is 0 Å². The number of nitrogens with two attached hydrogens (primary N) is 1. The van der Waals surface area contributed by atoms with Gasteiger partial charge in [0.05, 0.1) is 7.11 Å². The summed E-state index contributed by atoms with van der Waals surface area (Å²) < 4.78 is 66.9. The maximum atomic E-state index is 12.9. The molecule has 0 aliphatic heterocycles. The van der Waals surface area contributed by atoms with Gasteiger partial charge in [-0.25, -0.2) is 4.39 Å². The van der Waals surface area contributed by atoms with Gasteiger partial charge in [-0.3, -0.25) is 0 Å². The Hall–Kier alpha value is -1.37. The molecule has 7 heteroatoms. The third-order valence-electron chi connectivity index (χ3n) is 1.95. The average molecular weight is 241 g/mol. The lowest BCUT2D eigenvalue weighted by molar-refractivity contribution is -0.149. The summed E-state index contributed by atoms with van der Waals surface area (Å²) in [6.07, 6.45) is -4.73. The van der Waals surface area contributed by atoms with Gasteiger partial charge in [-0.2, -0.15) is 17.6 Å². The van der Waals surface area contributed by atoms with Crippen molar-refractivity contribution in [2.24, 2.45) is 5.73 Å². The largest absolute Gasteiger partial charge is 0.494 e. The Balaban J connectivity index is 3.21. The zero-order valence-corrected chi connectivity index (χ0v) is 8.11. The summed E-state index contributed by atoms with van der Waals surface area (Å²) in [7, 11) is 1.01. The molecule has 0 aliphatic carbocycles. The van der Waals surface area contributed by atoms with Crippen molar-refractivity contribution in [1.29, 1.82) is 0 Å². The average Bonchev–Trinajstić information content (AvgIpc) is 2.19. The van der Waals surface area contributed by atoms with Gasteiger partial charge in [0.15, 0.2) is 11.6 Å². The highest BCUT2D eigenvalue weighted by Gasteiger charge is 2.38. The van der Waals surface area contributed by atoms with Crippen molar-refractivity contribution in [1.82, 2.24) is 0 Å². The smallest absolute Gasteiger partial charge is 0.407 e. The molecule has 0 aromatic heterocycles. The van der Waals surface area contributed by atoms with Crippen molar-refractivity contribution in [3.05, 3.63) is 29.3 Å². The number of hydrogen-bond donors (Lipinski definition) is 1. The molecule has 2 nitrogen and oxygen atoms in total. The van der Waals surface area contributed by atoms with Crippen LogP contribution in [0.25, 0.3) is 0 Å². The van der Waals surface area contributed by atoms with Gasteiger partial charge in [-0.05, 0) is 17.7 Å². The molecule has 0 amide bonds. The van der Waals surface area contributed by atoms with Gasteiger partial charge in [-0.1, -0.05) is 0 Å². The molecular formula is C9H8F5NO. The van der Waals surface area contributed by atoms with E-state index < -0.39 is 35.2 Å². The number of alkyl halides is 3. The summed E-state index contributed by atoms with van der Waals surface area (Å²) in [5, 5.41) is 0. The second-order valence-corrected chi connectivity index (χ2v) is 3.04. The Morgan fingerprint density at radius 1 is 1.25 bits per heavy atom. The normalized spacial score (nSPS) is 13.7. The Morgan fingerprint density at radius 2 is 1.81 bits per heavy atom. The summed E-state index contributed by atoms with van der Waals surface area (Å²) in [6, 6.07) is -1.26. The van der Waals surface area contributed by atoms with Crippen LogP contribution in [-0.4, -0.2) is 13.3 Å². The second kappa shape index (κ2) is 4.25. The minimum atomic E-state index is -4.73. The fraction of sp³-hybridized carbons (Fsp3) is 0.333. The first-order chi connectivity index (χ1) is 7.27. The molecule has 1 aromatic carbocycles. The maximum Gasteiger partial charge on any atom is 0.407 e. The van der Waals surface area contributed by atoms with E-state index in [-0.39, 0.29) is 0 Å². The molecular weight excluding hydrogens is 233 g/mol. The number of rotatable bonds is 2. The van der Waals surface area contributed by atoms with Crippen LogP contribution in [0.5, 0.6) is 5.75 Å². The van der Waals surface area contributed by atoms with Gasteiger partial charge < -0.3 is 10.5 Å². The van der Waals surface area contributed by atoms with Crippen LogP contribution in [0.2, 0.25) is 0 Å². The first-order valence-electron chi connectivity index (χ1n) is 4.12. The van der Waals surface area contributed by atoms with Crippen LogP contribution in [0.1, 0.15) is 11.6 Å². The van der Waals surface area contributed by atoms with Gasteiger partial charge in [0.2, 0.25) is 5.82 Å². The number of benzene rings is 1. The van der Waals surface area contributed by atoms with E-state index in [1.807, 2.05) is 0 Å². The van der Waals surface area contributed by atoms with E-state index in [9.17, 15) is 22.0 Å². The van der Waals surface area contributed by atoms with Crippen LogP contribution in [0.4, 0.5) is 22.0 Å². The van der Waals surface area contributed by atoms with E-state index >= 15 is 0 Å².